The Kier molecular flexibility index (Phi) is 7.64. The van der Waals surface area contributed by atoms with Crippen molar-refractivity contribution >= 4 is 12.0 Å². The monoisotopic (exact) mass is 525 g/mol. The summed E-state index contributed by atoms with van der Waals surface area (Å²) >= 11 is 0. The van der Waals surface area contributed by atoms with E-state index in [1.165, 1.54) is 0 Å². The van der Waals surface area contributed by atoms with E-state index in [-0.39, 0.29) is 6.61 Å². The molecular formula is C30H27N3O6. The summed E-state index contributed by atoms with van der Waals surface area (Å²) in [6.07, 6.45) is 0.942. The van der Waals surface area contributed by atoms with Gasteiger partial charge in [-0.05, 0) is 65.9 Å². The normalized spacial score (nSPS) is 16.0. The highest BCUT2D eigenvalue weighted by Crippen LogP contribution is 2.36. The van der Waals surface area contributed by atoms with Gasteiger partial charge in [0.15, 0.2) is 11.5 Å². The molecule has 3 aromatic carbocycles. The highest BCUT2D eigenvalue weighted by atomic mass is 16.6. The first-order chi connectivity index (χ1) is 19.0. The van der Waals surface area contributed by atoms with E-state index in [2.05, 4.69) is 16.7 Å². The summed E-state index contributed by atoms with van der Waals surface area (Å²) in [5, 5.41) is 14.9. The maximum Gasteiger partial charge on any atom is 0.338 e. The number of fused-ring (bicyclic) bond motifs is 1. The van der Waals surface area contributed by atoms with Crippen molar-refractivity contribution in [1.82, 2.24) is 10.6 Å². The van der Waals surface area contributed by atoms with E-state index in [4.69, 9.17) is 18.9 Å². The number of carbonyl (C=O) groups is 2. The third-order valence-electron chi connectivity index (χ3n) is 6.50. The fourth-order valence-corrected chi connectivity index (χ4v) is 4.60. The van der Waals surface area contributed by atoms with Gasteiger partial charge in [0, 0.05) is 5.70 Å². The average molecular weight is 526 g/mol. The van der Waals surface area contributed by atoms with E-state index in [9.17, 15) is 14.9 Å². The van der Waals surface area contributed by atoms with Crippen molar-refractivity contribution < 1.29 is 28.5 Å². The zero-order chi connectivity index (χ0) is 27.2. The van der Waals surface area contributed by atoms with Gasteiger partial charge in [0.1, 0.15) is 25.6 Å². The van der Waals surface area contributed by atoms with Crippen LogP contribution in [0.3, 0.4) is 0 Å². The van der Waals surface area contributed by atoms with Gasteiger partial charge in [-0.1, -0.05) is 30.3 Å². The van der Waals surface area contributed by atoms with E-state index in [0.717, 1.165) is 11.3 Å². The molecule has 2 heterocycles. The molecule has 0 aromatic heterocycles. The molecule has 2 aliphatic rings. The van der Waals surface area contributed by atoms with Crippen LogP contribution in [-0.4, -0.2) is 32.3 Å². The third kappa shape index (κ3) is 5.96. The van der Waals surface area contributed by atoms with Crippen LogP contribution in [0.5, 0.6) is 17.2 Å². The first-order valence-electron chi connectivity index (χ1n) is 12.5. The molecule has 0 saturated carbocycles. The molecule has 198 valence electrons. The zero-order valence-electron chi connectivity index (χ0n) is 21.4. The molecule has 5 rings (SSSR count). The molecule has 0 aliphatic carbocycles. The van der Waals surface area contributed by atoms with Crippen molar-refractivity contribution in [3.05, 3.63) is 100 Å². The number of benzene rings is 3. The number of hydrogen-bond acceptors (Lipinski definition) is 7. The van der Waals surface area contributed by atoms with Crippen LogP contribution in [0.4, 0.5) is 4.79 Å². The van der Waals surface area contributed by atoms with Gasteiger partial charge in [-0.2, -0.15) is 5.26 Å². The molecular weight excluding hydrogens is 498 g/mol. The number of allylic oxidation sites excluding steroid dienone is 1. The minimum atomic E-state index is -0.771. The SMILES string of the molecule is COc1cccc(CCC2=C(C(=O)OCc3cccc(C#N)c3)C(c3ccc4c(c3)OCCO4)NC(=O)N2)c1. The number of nitrogens with one attached hydrogen (secondary N) is 2. The number of esters is 1. The average Bonchev–Trinajstić information content (AvgIpc) is 2.98. The number of carbonyl (C=O) groups excluding carboxylic acids is 2. The third-order valence-corrected chi connectivity index (χ3v) is 6.50. The lowest BCUT2D eigenvalue weighted by Gasteiger charge is -2.30. The second-order valence-electron chi connectivity index (χ2n) is 9.07. The number of aryl methyl sites for hydroxylation is 1. The zero-order valence-corrected chi connectivity index (χ0v) is 21.4. The number of methoxy groups -OCH3 is 1. The molecule has 0 spiro atoms. The summed E-state index contributed by atoms with van der Waals surface area (Å²) in [5.41, 5.74) is 3.58. The Morgan fingerprint density at radius 2 is 1.79 bits per heavy atom. The van der Waals surface area contributed by atoms with Gasteiger partial charge in [-0.25, -0.2) is 9.59 Å². The Bertz CT molecular complexity index is 1480. The fourth-order valence-electron chi connectivity index (χ4n) is 4.60. The predicted octanol–water partition coefficient (Wildman–Crippen LogP) is 4.32. The van der Waals surface area contributed by atoms with Crippen LogP contribution < -0.4 is 24.8 Å². The summed E-state index contributed by atoms with van der Waals surface area (Å²) < 4.78 is 22.4. The van der Waals surface area contributed by atoms with Gasteiger partial charge in [0.05, 0.1) is 30.4 Å². The first-order valence-corrected chi connectivity index (χ1v) is 12.5. The maximum absolute atomic E-state index is 13.6. The van der Waals surface area contributed by atoms with Crippen molar-refractivity contribution in [1.29, 1.82) is 5.26 Å². The summed E-state index contributed by atoms with van der Waals surface area (Å²) in [6, 6.07) is 20.7. The second kappa shape index (κ2) is 11.6. The molecule has 3 aromatic rings. The van der Waals surface area contributed by atoms with Crippen LogP contribution in [0.1, 0.15) is 34.7 Å². The molecule has 9 heteroatoms. The van der Waals surface area contributed by atoms with Crippen LogP contribution in [0.25, 0.3) is 0 Å². The number of ether oxygens (including phenoxy) is 4. The molecule has 2 amide bonds. The van der Waals surface area contributed by atoms with Gasteiger partial charge in [0.25, 0.3) is 0 Å². The maximum atomic E-state index is 13.6. The Balaban J connectivity index is 1.47. The highest BCUT2D eigenvalue weighted by Gasteiger charge is 2.34. The molecule has 1 unspecified atom stereocenters. The summed E-state index contributed by atoms with van der Waals surface area (Å²) in [5.74, 6) is 1.30. The largest absolute Gasteiger partial charge is 0.497 e. The Hall–Kier alpha value is -4.97. The van der Waals surface area contributed by atoms with Crippen LogP contribution >= 0.6 is 0 Å². The van der Waals surface area contributed by atoms with Crippen LogP contribution in [-0.2, 0) is 22.6 Å². The van der Waals surface area contributed by atoms with Gasteiger partial charge in [0.2, 0.25) is 0 Å². The van der Waals surface area contributed by atoms with Gasteiger partial charge in [-0.15, -0.1) is 0 Å². The van der Waals surface area contributed by atoms with Crippen LogP contribution in [0, 0.1) is 11.3 Å². The van der Waals surface area contributed by atoms with Gasteiger partial charge >= 0.3 is 12.0 Å². The van der Waals surface area contributed by atoms with E-state index >= 15 is 0 Å². The number of amides is 2. The van der Waals surface area contributed by atoms with Crippen molar-refractivity contribution in [3.8, 4) is 23.3 Å². The standard InChI is InChI=1S/C30H27N3O6/c1-36-23-7-3-4-19(15-23)8-10-24-27(29(34)39-18-21-6-2-5-20(14-21)17-31)28(33-30(35)32-24)22-9-11-25-26(16-22)38-13-12-37-25/h2-7,9,11,14-16,28H,8,10,12-13,18H2,1H3,(H2,32,33,35). The molecule has 0 radical (unpaired) electrons. The lowest BCUT2D eigenvalue weighted by molar-refractivity contribution is -0.140. The van der Waals surface area contributed by atoms with E-state index in [1.807, 2.05) is 24.3 Å². The fraction of sp³-hybridized carbons (Fsp3) is 0.233. The second-order valence-corrected chi connectivity index (χ2v) is 9.07. The smallest absolute Gasteiger partial charge is 0.338 e. The quantitative estimate of drug-likeness (QED) is 0.421. The summed E-state index contributed by atoms with van der Waals surface area (Å²) in [6.45, 7) is 0.839. The molecule has 1 atom stereocenters. The lowest BCUT2D eigenvalue weighted by atomic mass is 9.92. The number of hydrogen-bond donors (Lipinski definition) is 2. The Labute approximate surface area is 225 Å². The van der Waals surface area contributed by atoms with Crippen molar-refractivity contribution in [2.75, 3.05) is 20.3 Å². The van der Waals surface area contributed by atoms with Crippen LogP contribution in [0.15, 0.2) is 78.0 Å². The molecule has 2 aliphatic heterocycles. The van der Waals surface area contributed by atoms with E-state index < -0.39 is 18.0 Å². The summed E-state index contributed by atoms with van der Waals surface area (Å²) in [7, 11) is 1.60. The number of rotatable bonds is 8. The number of nitrogens with zero attached hydrogens (tertiary/aromatic N) is 1. The molecule has 0 fully saturated rings. The first kappa shape index (κ1) is 25.7. The molecule has 0 saturated heterocycles. The van der Waals surface area contributed by atoms with E-state index in [1.54, 1.807) is 49.6 Å². The molecule has 9 nitrogen and oxygen atoms in total. The van der Waals surface area contributed by atoms with Crippen molar-refractivity contribution in [2.45, 2.75) is 25.5 Å². The molecule has 39 heavy (non-hydrogen) atoms. The van der Waals surface area contributed by atoms with Crippen molar-refractivity contribution in [3.63, 3.8) is 0 Å². The summed E-state index contributed by atoms with van der Waals surface area (Å²) in [4.78, 5) is 26.4. The topological polar surface area (TPSA) is 119 Å². The van der Waals surface area contributed by atoms with Gasteiger partial charge < -0.3 is 29.6 Å². The predicted molar refractivity (Wildman–Crippen MR) is 141 cm³/mol. The highest BCUT2D eigenvalue weighted by molar-refractivity contribution is 5.95. The van der Waals surface area contributed by atoms with E-state index in [0.29, 0.717) is 65.5 Å². The lowest BCUT2D eigenvalue weighted by Crippen LogP contribution is -2.46. The Morgan fingerprint density at radius 3 is 2.62 bits per heavy atom. The van der Waals surface area contributed by atoms with Gasteiger partial charge in [-0.3, -0.25) is 0 Å². The Morgan fingerprint density at radius 1 is 1.00 bits per heavy atom. The van der Waals surface area contributed by atoms with Crippen LogP contribution in [0.2, 0.25) is 0 Å². The number of nitriles is 1. The number of urea groups is 1. The molecule has 0 bridgehead atoms. The van der Waals surface area contributed by atoms with Crippen molar-refractivity contribution in [2.24, 2.45) is 0 Å². The minimum Gasteiger partial charge on any atom is -0.497 e. The minimum absolute atomic E-state index is 0.0250. The molecule has 2 N–H and O–H groups in total.